The van der Waals surface area contributed by atoms with E-state index in [1.165, 1.54) is 24.3 Å². The predicted molar refractivity (Wildman–Crippen MR) is 136 cm³/mol. The molecule has 3 aromatic carbocycles. The molecule has 0 saturated carbocycles. The molecule has 2 atom stereocenters. The maximum atomic E-state index is 13.6. The van der Waals surface area contributed by atoms with Gasteiger partial charge in [0.05, 0.1) is 31.8 Å². The predicted octanol–water partition coefficient (Wildman–Crippen LogP) is 6.53. The average molecular weight is 508 g/mol. The molecule has 2 aliphatic heterocycles. The fourth-order valence-electron chi connectivity index (χ4n) is 5.16. The number of rotatable bonds is 10. The Morgan fingerprint density at radius 2 is 1.54 bits per heavy atom. The lowest BCUT2D eigenvalue weighted by atomic mass is 9.77. The third-order valence-corrected chi connectivity index (χ3v) is 7.13. The molecule has 37 heavy (non-hydrogen) atoms. The molecule has 7 heteroatoms. The van der Waals surface area contributed by atoms with Crippen LogP contribution in [0.4, 0.5) is 14.5 Å². The maximum Gasteiger partial charge on any atom is 0.233 e. The summed E-state index contributed by atoms with van der Waals surface area (Å²) in [5.41, 5.74) is 2.36. The number of carbonyl (C=O) groups is 1. The van der Waals surface area contributed by atoms with Gasteiger partial charge in [0.25, 0.3) is 0 Å². The zero-order valence-corrected chi connectivity index (χ0v) is 20.9. The van der Waals surface area contributed by atoms with Gasteiger partial charge in [-0.3, -0.25) is 4.79 Å². The van der Waals surface area contributed by atoms with Crippen molar-refractivity contribution in [2.75, 3.05) is 24.7 Å². The van der Waals surface area contributed by atoms with Gasteiger partial charge in [0.1, 0.15) is 17.4 Å². The van der Waals surface area contributed by atoms with Crippen LogP contribution in [0, 0.1) is 17.6 Å². The van der Waals surface area contributed by atoms with Crippen LogP contribution in [0.15, 0.2) is 72.8 Å². The largest absolute Gasteiger partial charge is 0.494 e. The van der Waals surface area contributed by atoms with Crippen molar-refractivity contribution in [3.8, 4) is 5.75 Å². The molecular formula is C30H31F2NO4. The van der Waals surface area contributed by atoms with Crippen molar-refractivity contribution in [1.82, 2.24) is 0 Å². The standard InChI is InChI=1S/C30H31F2NO4/c1-2-3-18-35-26-14-4-21(5-15-26)28-27(29(34)33(28)25-12-10-24(32)11-13-25)16-17-30(36-19-20-37-30)22-6-8-23(31)9-7-22/h4-15,27-28H,2-3,16-20H2,1H3/t27-,28+/m0/s1. The van der Waals surface area contributed by atoms with Crippen LogP contribution in [0.2, 0.25) is 0 Å². The van der Waals surface area contributed by atoms with Gasteiger partial charge >= 0.3 is 0 Å². The Kier molecular flexibility index (Phi) is 7.53. The highest BCUT2D eigenvalue weighted by Crippen LogP contribution is 2.48. The first-order chi connectivity index (χ1) is 18.0. The summed E-state index contributed by atoms with van der Waals surface area (Å²) in [6, 6.07) is 19.7. The number of nitrogens with zero attached hydrogens (tertiary/aromatic N) is 1. The van der Waals surface area contributed by atoms with Crippen LogP contribution in [-0.2, 0) is 20.1 Å². The molecule has 0 aliphatic carbocycles. The van der Waals surface area contributed by atoms with Gasteiger partial charge in [0.15, 0.2) is 5.79 Å². The van der Waals surface area contributed by atoms with E-state index in [-0.39, 0.29) is 29.5 Å². The highest BCUT2D eigenvalue weighted by molar-refractivity contribution is 6.03. The first-order valence-electron chi connectivity index (χ1n) is 12.9. The number of unbranched alkanes of at least 4 members (excludes halogenated alkanes) is 1. The summed E-state index contributed by atoms with van der Waals surface area (Å²) < 4.78 is 45.0. The zero-order chi connectivity index (χ0) is 25.8. The number of hydrogen-bond acceptors (Lipinski definition) is 4. The average Bonchev–Trinajstić information content (AvgIpc) is 3.39. The monoisotopic (exact) mass is 507 g/mol. The molecule has 194 valence electrons. The third-order valence-electron chi connectivity index (χ3n) is 7.13. The summed E-state index contributed by atoms with van der Waals surface area (Å²) in [5, 5.41) is 0. The van der Waals surface area contributed by atoms with E-state index in [2.05, 4.69) is 6.92 Å². The Hall–Kier alpha value is -3.29. The number of ether oxygens (including phenoxy) is 3. The summed E-state index contributed by atoms with van der Waals surface area (Å²) in [6.07, 6.45) is 3.00. The number of amides is 1. The van der Waals surface area contributed by atoms with E-state index in [1.54, 1.807) is 29.2 Å². The number of β-lactam (4-membered cyclic amide) rings is 1. The fourth-order valence-corrected chi connectivity index (χ4v) is 5.16. The molecule has 3 aromatic rings. The summed E-state index contributed by atoms with van der Waals surface area (Å²) in [7, 11) is 0. The van der Waals surface area contributed by atoms with E-state index in [4.69, 9.17) is 14.2 Å². The molecule has 2 saturated heterocycles. The smallest absolute Gasteiger partial charge is 0.233 e. The second-order valence-corrected chi connectivity index (χ2v) is 9.50. The molecule has 2 aliphatic rings. The topological polar surface area (TPSA) is 48.0 Å². The van der Waals surface area contributed by atoms with E-state index in [9.17, 15) is 13.6 Å². The lowest BCUT2D eigenvalue weighted by Gasteiger charge is -2.48. The number of halogens is 2. The minimum absolute atomic E-state index is 0.0351. The van der Waals surface area contributed by atoms with Gasteiger partial charge in [-0.2, -0.15) is 0 Å². The Morgan fingerprint density at radius 1 is 0.919 bits per heavy atom. The molecule has 0 N–H and O–H groups in total. The van der Waals surface area contributed by atoms with Crippen molar-refractivity contribution in [2.24, 2.45) is 5.92 Å². The van der Waals surface area contributed by atoms with Gasteiger partial charge in [-0.15, -0.1) is 0 Å². The number of anilines is 1. The normalized spacial score (nSPS) is 20.6. The van der Waals surface area contributed by atoms with E-state index >= 15 is 0 Å². The van der Waals surface area contributed by atoms with Crippen LogP contribution in [0.3, 0.4) is 0 Å². The third kappa shape index (κ3) is 5.24. The van der Waals surface area contributed by atoms with E-state index < -0.39 is 5.79 Å². The van der Waals surface area contributed by atoms with E-state index in [0.717, 1.165) is 29.7 Å². The van der Waals surface area contributed by atoms with Crippen molar-refractivity contribution in [2.45, 2.75) is 44.4 Å². The number of hydrogen-bond donors (Lipinski definition) is 0. The van der Waals surface area contributed by atoms with Crippen molar-refractivity contribution in [3.63, 3.8) is 0 Å². The van der Waals surface area contributed by atoms with Crippen molar-refractivity contribution in [1.29, 1.82) is 0 Å². The Bertz CT molecular complexity index is 1190. The summed E-state index contributed by atoms with van der Waals surface area (Å²) in [5.74, 6) is -1.26. The lowest BCUT2D eigenvalue weighted by molar-refractivity contribution is -0.175. The summed E-state index contributed by atoms with van der Waals surface area (Å²) in [4.78, 5) is 15.2. The molecule has 2 fully saturated rings. The second-order valence-electron chi connectivity index (χ2n) is 9.50. The van der Waals surface area contributed by atoms with Crippen LogP contribution >= 0.6 is 0 Å². The molecule has 2 heterocycles. The first-order valence-corrected chi connectivity index (χ1v) is 12.9. The number of benzene rings is 3. The van der Waals surface area contributed by atoms with Crippen molar-refractivity contribution in [3.05, 3.63) is 95.6 Å². The quantitative estimate of drug-likeness (QED) is 0.231. The molecule has 0 bridgehead atoms. The van der Waals surface area contributed by atoms with Crippen LogP contribution in [-0.4, -0.2) is 25.7 Å². The molecule has 5 nitrogen and oxygen atoms in total. The lowest BCUT2D eigenvalue weighted by Crippen LogP contribution is -2.55. The van der Waals surface area contributed by atoms with Gasteiger partial charge in [-0.1, -0.05) is 37.6 Å². The molecule has 0 radical (unpaired) electrons. The maximum absolute atomic E-state index is 13.6. The minimum Gasteiger partial charge on any atom is -0.494 e. The molecule has 1 amide bonds. The first kappa shape index (κ1) is 25.4. The number of carbonyl (C=O) groups excluding carboxylic acids is 1. The molecule has 0 spiro atoms. The Morgan fingerprint density at radius 3 is 2.16 bits per heavy atom. The van der Waals surface area contributed by atoms with Gasteiger partial charge in [0, 0.05) is 17.7 Å². The van der Waals surface area contributed by atoms with Crippen LogP contribution in [0.25, 0.3) is 0 Å². The van der Waals surface area contributed by atoms with Gasteiger partial charge in [-0.05, 0) is 66.9 Å². The Labute approximate surface area is 216 Å². The SMILES string of the molecule is CCCCOc1ccc([C@@H]2[C@H](CCC3(c4ccc(F)cc4)OCCO3)C(=O)N2c2ccc(F)cc2)cc1. The van der Waals surface area contributed by atoms with E-state index in [0.29, 0.717) is 38.3 Å². The molecule has 0 aromatic heterocycles. The Balaban J connectivity index is 1.38. The van der Waals surface area contributed by atoms with Gasteiger partial charge < -0.3 is 19.1 Å². The highest BCUT2D eigenvalue weighted by Gasteiger charge is 2.50. The summed E-state index contributed by atoms with van der Waals surface area (Å²) in [6.45, 7) is 3.64. The molecule has 0 unspecified atom stereocenters. The second kappa shape index (κ2) is 11.0. The fraction of sp³-hybridized carbons (Fsp3) is 0.367. The summed E-state index contributed by atoms with van der Waals surface area (Å²) >= 11 is 0. The van der Waals surface area contributed by atoms with E-state index in [1.807, 2.05) is 24.3 Å². The van der Waals surface area contributed by atoms with Gasteiger partial charge in [0.2, 0.25) is 5.91 Å². The van der Waals surface area contributed by atoms with Crippen LogP contribution in [0.5, 0.6) is 5.75 Å². The van der Waals surface area contributed by atoms with Crippen molar-refractivity contribution < 1.29 is 27.8 Å². The van der Waals surface area contributed by atoms with Crippen molar-refractivity contribution >= 4 is 11.6 Å². The molecular weight excluding hydrogens is 476 g/mol. The molecule has 5 rings (SSSR count). The minimum atomic E-state index is -1.01. The van der Waals surface area contributed by atoms with Gasteiger partial charge in [-0.25, -0.2) is 8.78 Å². The van der Waals surface area contributed by atoms with Crippen LogP contribution in [0.1, 0.15) is 49.8 Å². The van der Waals surface area contributed by atoms with Crippen LogP contribution < -0.4 is 9.64 Å². The highest BCUT2D eigenvalue weighted by atomic mass is 19.1. The zero-order valence-electron chi connectivity index (χ0n) is 20.9.